The lowest BCUT2D eigenvalue weighted by molar-refractivity contribution is -0.121. The summed E-state index contributed by atoms with van der Waals surface area (Å²) in [5, 5.41) is 0. The van der Waals surface area contributed by atoms with Crippen LogP contribution in [0.25, 0.3) is 0 Å². The molecule has 1 aromatic rings. The maximum Gasteiger partial charge on any atom is 0.241 e. The van der Waals surface area contributed by atoms with E-state index in [4.69, 9.17) is 0 Å². The van der Waals surface area contributed by atoms with Gasteiger partial charge >= 0.3 is 0 Å². The molecule has 7 heteroatoms. The fourth-order valence-electron chi connectivity index (χ4n) is 7.64. The van der Waals surface area contributed by atoms with Crippen LogP contribution in [0.5, 0.6) is 0 Å². The number of para-hydroxylation sites is 1. The van der Waals surface area contributed by atoms with Crippen LogP contribution in [0.15, 0.2) is 42.0 Å². The molecular formula is C27H37N3O3S. The van der Waals surface area contributed by atoms with E-state index in [0.29, 0.717) is 30.8 Å². The number of likely N-dealkylation sites (tertiary alicyclic amines) is 1. The number of sulfone groups is 1. The second-order valence-electron chi connectivity index (χ2n) is 11.1. The number of fused-ring (bicyclic) bond motifs is 6. The summed E-state index contributed by atoms with van der Waals surface area (Å²) in [7, 11) is -3.08. The Bertz CT molecular complexity index is 1060. The SMILES string of the molecule is O=C(CN1CCCC2=CC3CC(CN4CCCC[C@H]34)[C@@H]21)N(c1ccccc1)C1CCS(=O)(=O)C1. The van der Waals surface area contributed by atoms with Crippen LogP contribution in [-0.4, -0.2) is 79.9 Å². The van der Waals surface area contributed by atoms with Crippen LogP contribution in [-0.2, 0) is 14.6 Å². The van der Waals surface area contributed by atoms with Crippen LogP contribution in [0.1, 0.15) is 44.9 Å². The van der Waals surface area contributed by atoms with Gasteiger partial charge in [0.05, 0.1) is 24.1 Å². The van der Waals surface area contributed by atoms with Crippen LogP contribution in [0.3, 0.4) is 0 Å². The summed E-state index contributed by atoms with van der Waals surface area (Å²) in [4.78, 5) is 20.8. The van der Waals surface area contributed by atoms with Crippen LogP contribution in [0.4, 0.5) is 5.69 Å². The maximum absolute atomic E-state index is 13.8. The van der Waals surface area contributed by atoms with E-state index >= 15 is 0 Å². The van der Waals surface area contributed by atoms with Gasteiger partial charge in [0.2, 0.25) is 5.91 Å². The van der Waals surface area contributed by atoms with Gasteiger partial charge in [-0.25, -0.2) is 8.42 Å². The fraction of sp³-hybridized carbons (Fsp3) is 0.667. The van der Waals surface area contributed by atoms with Crippen molar-refractivity contribution in [2.45, 2.75) is 63.1 Å². The summed E-state index contributed by atoms with van der Waals surface area (Å²) < 4.78 is 24.5. The predicted molar refractivity (Wildman–Crippen MR) is 134 cm³/mol. The molecule has 184 valence electrons. The number of carbonyl (C=O) groups is 1. The monoisotopic (exact) mass is 483 g/mol. The van der Waals surface area contributed by atoms with E-state index in [2.05, 4.69) is 15.9 Å². The molecule has 1 amide bonds. The summed E-state index contributed by atoms with van der Waals surface area (Å²) in [6.45, 7) is 3.71. The van der Waals surface area contributed by atoms with Crippen molar-refractivity contribution in [1.82, 2.24) is 9.80 Å². The van der Waals surface area contributed by atoms with Gasteiger partial charge in [-0.2, -0.15) is 0 Å². The minimum Gasteiger partial charge on any atom is -0.307 e. The van der Waals surface area contributed by atoms with Gasteiger partial charge in [-0.3, -0.25) is 14.6 Å². The molecule has 5 aliphatic rings. The molecule has 0 saturated carbocycles. The number of piperidine rings is 3. The Morgan fingerprint density at radius 3 is 2.71 bits per heavy atom. The van der Waals surface area contributed by atoms with Crippen molar-refractivity contribution in [3.63, 3.8) is 0 Å². The molecule has 6 nitrogen and oxygen atoms in total. The Labute approximate surface area is 203 Å². The van der Waals surface area contributed by atoms with Gasteiger partial charge in [-0.1, -0.05) is 36.3 Å². The highest BCUT2D eigenvalue weighted by Crippen LogP contribution is 2.45. The first-order valence-corrected chi connectivity index (χ1v) is 15.1. The molecule has 1 aliphatic carbocycles. The van der Waals surface area contributed by atoms with E-state index in [-0.39, 0.29) is 23.5 Å². The standard InChI is InChI=1S/C27H37N3O3S/c31-26(30(23-8-2-1-3-9-23)24-11-14-34(32,33)19-24)18-29-13-6-7-20-15-21-16-22(27(20)29)17-28-12-5-4-10-25(21)28/h1-3,8-9,15,21-22,24-25,27H,4-7,10-14,16-19H2/t21?,22?,24?,25-,27-/m1/s1. The first-order valence-electron chi connectivity index (χ1n) is 13.2. The summed E-state index contributed by atoms with van der Waals surface area (Å²) >= 11 is 0. The van der Waals surface area contributed by atoms with Crippen molar-refractivity contribution in [3.8, 4) is 0 Å². The van der Waals surface area contributed by atoms with Gasteiger partial charge in [-0.05, 0) is 75.6 Å². The zero-order valence-electron chi connectivity index (χ0n) is 20.0. The molecule has 34 heavy (non-hydrogen) atoms. The quantitative estimate of drug-likeness (QED) is 0.616. The number of hydrogen-bond acceptors (Lipinski definition) is 5. The predicted octanol–water partition coefficient (Wildman–Crippen LogP) is 3.10. The van der Waals surface area contributed by atoms with E-state index in [1.165, 1.54) is 38.6 Å². The molecule has 5 atom stereocenters. The molecule has 4 fully saturated rings. The number of carbonyl (C=O) groups excluding carboxylic acids is 1. The van der Waals surface area contributed by atoms with Crippen molar-refractivity contribution in [3.05, 3.63) is 42.0 Å². The Kier molecular flexibility index (Phi) is 6.06. The lowest BCUT2D eigenvalue weighted by Crippen LogP contribution is -2.60. The first kappa shape index (κ1) is 22.7. The molecule has 4 heterocycles. The number of benzene rings is 1. The molecule has 0 spiro atoms. The smallest absolute Gasteiger partial charge is 0.241 e. The third kappa shape index (κ3) is 4.24. The molecular weight excluding hydrogens is 446 g/mol. The van der Waals surface area contributed by atoms with Crippen LogP contribution < -0.4 is 4.90 Å². The average molecular weight is 484 g/mol. The Hall–Kier alpha value is -1.70. The lowest BCUT2D eigenvalue weighted by atomic mass is 9.68. The second-order valence-corrected chi connectivity index (χ2v) is 13.4. The summed E-state index contributed by atoms with van der Waals surface area (Å²) in [5.74, 6) is 1.58. The Balaban J connectivity index is 1.25. The summed E-state index contributed by atoms with van der Waals surface area (Å²) in [6.07, 6.45) is 10.7. The zero-order chi connectivity index (χ0) is 23.3. The van der Waals surface area contributed by atoms with E-state index in [1.807, 2.05) is 30.3 Å². The number of anilines is 1. The highest BCUT2D eigenvalue weighted by Gasteiger charge is 2.46. The molecule has 0 aromatic heterocycles. The molecule has 6 rings (SSSR count). The molecule has 0 radical (unpaired) electrons. The minimum atomic E-state index is -3.08. The largest absolute Gasteiger partial charge is 0.307 e. The van der Waals surface area contributed by atoms with E-state index < -0.39 is 9.84 Å². The van der Waals surface area contributed by atoms with Crippen molar-refractivity contribution < 1.29 is 13.2 Å². The number of nitrogens with zero attached hydrogens (tertiary/aromatic N) is 3. The van der Waals surface area contributed by atoms with Gasteiger partial charge in [0.15, 0.2) is 9.84 Å². The van der Waals surface area contributed by atoms with Crippen LogP contribution in [0.2, 0.25) is 0 Å². The fourth-order valence-corrected chi connectivity index (χ4v) is 9.34. The molecule has 3 unspecified atom stereocenters. The van der Waals surface area contributed by atoms with Crippen molar-refractivity contribution in [2.24, 2.45) is 11.8 Å². The number of amides is 1. The minimum absolute atomic E-state index is 0.0448. The van der Waals surface area contributed by atoms with E-state index in [1.54, 1.807) is 10.5 Å². The molecule has 4 aliphatic heterocycles. The topological polar surface area (TPSA) is 60.9 Å². The van der Waals surface area contributed by atoms with Gasteiger partial charge in [0.1, 0.15) is 0 Å². The van der Waals surface area contributed by atoms with Crippen molar-refractivity contribution >= 4 is 21.4 Å². The first-order chi connectivity index (χ1) is 16.5. The zero-order valence-corrected chi connectivity index (χ0v) is 20.8. The lowest BCUT2D eigenvalue weighted by Gasteiger charge is -2.54. The van der Waals surface area contributed by atoms with Crippen LogP contribution in [0, 0.1) is 11.8 Å². The maximum atomic E-state index is 13.8. The normalized spacial score (nSPS) is 35.2. The van der Waals surface area contributed by atoms with Gasteiger partial charge in [0.25, 0.3) is 0 Å². The third-order valence-electron chi connectivity index (χ3n) is 8.98. The molecule has 2 bridgehead atoms. The summed E-state index contributed by atoms with van der Waals surface area (Å²) in [6, 6.07) is 10.5. The third-order valence-corrected chi connectivity index (χ3v) is 10.7. The number of hydrogen-bond donors (Lipinski definition) is 0. The molecule has 4 saturated heterocycles. The molecule has 0 N–H and O–H groups in total. The Morgan fingerprint density at radius 1 is 1.06 bits per heavy atom. The Morgan fingerprint density at radius 2 is 1.91 bits per heavy atom. The summed E-state index contributed by atoms with van der Waals surface area (Å²) in [5.41, 5.74) is 2.39. The number of rotatable bonds is 4. The van der Waals surface area contributed by atoms with Gasteiger partial charge in [0, 0.05) is 24.3 Å². The highest BCUT2D eigenvalue weighted by molar-refractivity contribution is 7.91. The van der Waals surface area contributed by atoms with Crippen molar-refractivity contribution in [1.29, 1.82) is 0 Å². The van der Waals surface area contributed by atoms with E-state index in [0.717, 1.165) is 31.2 Å². The van der Waals surface area contributed by atoms with Gasteiger partial charge in [-0.15, -0.1) is 0 Å². The van der Waals surface area contributed by atoms with E-state index in [9.17, 15) is 13.2 Å². The average Bonchev–Trinajstić information content (AvgIpc) is 3.19. The highest BCUT2D eigenvalue weighted by atomic mass is 32.2. The van der Waals surface area contributed by atoms with Gasteiger partial charge < -0.3 is 4.90 Å². The van der Waals surface area contributed by atoms with Crippen molar-refractivity contribution in [2.75, 3.05) is 42.6 Å². The van der Waals surface area contributed by atoms with Crippen LogP contribution >= 0.6 is 0 Å². The molecule has 1 aromatic carbocycles. The second kappa shape index (κ2) is 9.07.